The van der Waals surface area contributed by atoms with Crippen molar-refractivity contribution in [3.63, 3.8) is 0 Å². The molecule has 188 valence electrons. The van der Waals surface area contributed by atoms with Crippen molar-refractivity contribution in [2.75, 3.05) is 32.8 Å². The first kappa shape index (κ1) is 24.1. The first-order chi connectivity index (χ1) is 17.0. The molecule has 0 spiro atoms. The maximum absolute atomic E-state index is 13.6. The molecule has 5 rings (SSSR count). The molecule has 7 nitrogen and oxygen atoms in total. The Bertz CT molecular complexity index is 1170. The summed E-state index contributed by atoms with van der Waals surface area (Å²) in [5, 5.41) is 0. The summed E-state index contributed by atoms with van der Waals surface area (Å²) < 4.78 is 39.2. The van der Waals surface area contributed by atoms with Crippen LogP contribution in [0.15, 0.2) is 47.4 Å². The van der Waals surface area contributed by atoms with E-state index in [1.54, 1.807) is 18.2 Å². The number of nitrogens with zero attached hydrogens (tertiary/aromatic N) is 2. The maximum Gasteiger partial charge on any atom is 0.243 e. The van der Waals surface area contributed by atoms with Crippen molar-refractivity contribution in [2.24, 2.45) is 5.92 Å². The first-order valence-corrected chi connectivity index (χ1v) is 14.2. The van der Waals surface area contributed by atoms with E-state index in [4.69, 9.17) is 9.47 Å². The molecule has 8 heteroatoms. The second-order valence-corrected chi connectivity index (χ2v) is 11.6. The molecule has 1 atom stereocenters. The molecule has 1 aliphatic carbocycles. The predicted octanol–water partition coefficient (Wildman–Crippen LogP) is 3.65. The van der Waals surface area contributed by atoms with E-state index in [0.717, 1.165) is 32.2 Å². The molecule has 0 radical (unpaired) electrons. The third kappa shape index (κ3) is 4.91. The van der Waals surface area contributed by atoms with Gasteiger partial charge in [-0.05, 0) is 61.8 Å². The minimum Gasteiger partial charge on any atom is -0.486 e. The van der Waals surface area contributed by atoms with Crippen LogP contribution in [-0.2, 0) is 27.7 Å². The number of aryl methyl sites for hydroxylation is 1. The highest BCUT2D eigenvalue weighted by Crippen LogP contribution is 2.34. The van der Waals surface area contributed by atoms with Crippen molar-refractivity contribution in [3.8, 4) is 11.5 Å². The molecule has 0 aromatic heterocycles. The Morgan fingerprint density at radius 2 is 1.71 bits per heavy atom. The predicted molar refractivity (Wildman–Crippen MR) is 133 cm³/mol. The van der Waals surface area contributed by atoms with Crippen LogP contribution in [0.3, 0.4) is 0 Å². The van der Waals surface area contributed by atoms with E-state index >= 15 is 0 Å². The van der Waals surface area contributed by atoms with Gasteiger partial charge < -0.3 is 14.4 Å². The summed E-state index contributed by atoms with van der Waals surface area (Å²) in [6.45, 7) is 4.43. The molecule has 0 bridgehead atoms. The third-order valence-electron chi connectivity index (χ3n) is 7.46. The lowest BCUT2D eigenvalue weighted by Crippen LogP contribution is -2.49. The fraction of sp³-hybridized carbons (Fsp3) is 0.519. The topological polar surface area (TPSA) is 76.2 Å². The molecule has 2 aromatic carbocycles. The minimum atomic E-state index is -3.66. The quantitative estimate of drug-likeness (QED) is 0.608. The summed E-state index contributed by atoms with van der Waals surface area (Å²) in [5.41, 5.74) is 2.74. The van der Waals surface area contributed by atoms with Gasteiger partial charge in [0, 0.05) is 37.7 Å². The normalized spacial score (nSPS) is 20.8. The summed E-state index contributed by atoms with van der Waals surface area (Å²) in [4.78, 5) is 15.9. The van der Waals surface area contributed by atoms with Gasteiger partial charge >= 0.3 is 0 Å². The Labute approximate surface area is 208 Å². The van der Waals surface area contributed by atoms with Crippen LogP contribution >= 0.6 is 0 Å². The zero-order valence-electron chi connectivity index (χ0n) is 20.3. The molecule has 1 fully saturated rings. The molecule has 1 saturated heterocycles. The van der Waals surface area contributed by atoms with Gasteiger partial charge in [-0.15, -0.1) is 0 Å². The summed E-state index contributed by atoms with van der Waals surface area (Å²) >= 11 is 0. The average molecular weight is 499 g/mol. The lowest BCUT2D eigenvalue weighted by Gasteiger charge is -2.39. The van der Waals surface area contributed by atoms with Crippen LogP contribution in [0.25, 0.3) is 0 Å². The van der Waals surface area contributed by atoms with Crippen molar-refractivity contribution in [1.29, 1.82) is 0 Å². The van der Waals surface area contributed by atoms with E-state index in [1.165, 1.54) is 15.4 Å². The van der Waals surface area contributed by atoms with Crippen molar-refractivity contribution < 1.29 is 22.7 Å². The number of ether oxygens (including phenoxy) is 2. The minimum absolute atomic E-state index is 0.134. The summed E-state index contributed by atoms with van der Waals surface area (Å²) in [6, 6.07) is 13.5. The number of carbonyl (C=O) groups is 1. The second-order valence-electron chi connectivity index (χ2n) is 9.68. The smallest absolute Gasteiger partial charge is 0.243 e. The molecule has 1 amide bonds. The number of piperidine rings is 1. The van der Waals surface area contributed by atoms with Crippen LogP contribution in [0.5, 0.6) is 11.5 Å². The number of fused-ring (bicyclic) bond motifs is 2. The van der Waals surface area contributed by atoms with E-state index < -0.39 is 10.0 Å². The number of benzene rings is 2. The Morgan fingerprint density at radius 3 is 2.46 bits per heavy atom. The Hall–Kier alpha value is -2.58. The van der Waals surface area contributed by atoms with E-state index in [9.17, 15) is 13.2 Å². The molecule has 2 heterocycles. The van der Waals surface area contributed by atoms with Gasteiger partial charge in [-0.3, -0.25) is 4.79 Å². The number of hydrogen-bond donors (Lipinski definition) is 0. The average Bonchev–Trinajstić information content (AvgIpc) is 2.91. The van der Waals surface area contributed by atoms with Gasteiger partial charge in [0.15, 0.2) is 11.5 Å². The highest BCUT2D eigenvalue weighted by molar-refractivity contribution is 7.89. The molecular formula is C27H34N2O5S. The van der Waals surface area contributed by atoms with Crippen molar-refractivity contribution in [3.05, 3.63) is 53.6 Å². The van der Waals surface area contributed by atoms with Crippen LogP contribution in [0.2, 0.25) is 0 Å². The molecule has 0 saturated carbocycles. The van der Waals surface area contributed by atoms with Gasteiger partial charge in [0.25, 0.3) is 0 Å². The largest absolute Gasteiger partial charge is 0.486 e. The van der Waals surface area contributed by atoms with Crippen LogP contribution < -0.4 is 9.47 Å². The summed E-state index contributed by atoms with van der Waals surface area (Å²) in [5.74, 6) is 1.09. The zero-order valence-corrected chi connectivity index (χ0v) is 21.1. The van der Waals surface area contributed by atoms with Gasteiger partial charge in [0.1, 0.15) is 13.2 Å². The van der Waals surface area contributed by atoms with Crippen LogP contribution in [-0.4, -0.2) is 62.4 Å². The Morgan fingerprint density at radius 1 is 1.00 bits per heavy atom. The van der Waals surface area contributed by atoms with Crippen LogP contribution in [0.4, 0.5) is 0 Å². The zero-order chi connectivity index (χ0) is 24.4. The molecule has 2 aromatic rings. The molecule has 0 N–H and O–H groups in total. The van der Waals surface area contributed by atoms with Crippen LogP contribution in [0, 0.1) is 5.92 Å². The molecule has 3 aliphatic rings. The standard InChI is InChI=1S/C27H34N2O5S/c1-2-13-29(23-8-7-20-5-3-4-6-22(20)18-23)27(30)21-11-14-28(15-12-21)35(31,32)24-9-10-25-26(19-24)34-17-16-33-25/h3-6,9-10,19,21,23H,2,7-8,11-18H2,1H3. The second kappa shape index (κ2) is 10.2. The van der Waals surface area contributed by atoms with E-state index in [0.29, 0.717) is 50.6 Å². The fourth-order valence-electron chi connectivity index (χ4n) is 5.57. The number of hydrogen-bond acceptors (Lipinski definition) is 5. The molecular weight excluding hydrogens is 464 g/mol. The Balaban J connectivity index is 1.24. The van der Waals surface area contributed by atoms with E-state index in [1.807, 2.05) is 0 Å². The number of rotatable bonds is 6. The summed E-state index contributed by atoms with van der Waals surface area (Å²) in [7, 11) is -3.66. The highest BCUT2D eigenvalue weighted by atomic mass is 32.2. The maximum atomic E-state index is 13.6. The monoisotopic (exact) mass is 498 g/mol. The fourth-order valence-corrected chi connectivity index (χ4v) is 7.05. The van der Waals surface area contributed by atoms with Gasteiger partial charge in [0.05, 0.1) is 4.90 Å². The third-order valence-corrected chi connectivity index (χ3v) is 9.36. The van der Waals surface area contributed by atoms with Gasteiger partial charge in [0.2, 0.25) is 15.9 Å². The van der Waals surface area contributed by atoms with E-state index in [-0.39, 0.29) is 22.8 Å². The van der Waals surface area contributed by atoms with Crippen molar-refractivity contribution in [2.45, 2.75) is 56.4 Å². The van der Waals surface area contributed by atoms with Crippen molar-refractivity contribution in [1.82, 2.24) is 9.21 Å². The molecule has 35 heavy (non-hydrogen) atoms. The number of sulfonamides is 1. The number of amides is 1. The number of carbonyl (C=O) groups excluding carboxylic acids is 1. The molecule has 2 aliphatic heterocycles. The highest BCUT2D eigenvalue weighted by Gasteiger charge is 2.36. The van der Waals surface area contributed by atoms with Gasteiger partial charge in [-0.1, -0.05) is 31.2 Å². The lowest BCUT2D eigenvalue weighted by atomic mass is 9.86. The SMILES string of the molecule is CCCN(C(=O)C1CCN(S(=O)(=O)c2ccc3c(c2)OCCO3)CC1)C1CCc2ccccc2C1. The Kier molecular flexibility index (Phi) is 7.02. The van der Waals surface area contributed by atoms with Gasteiger partial charge in [-0.25, -0.2) is 8.42 Å². The van der Waals surface area contributed by atoms with Crippen LogP contribution in [0.1, 0.15) is 43.7 Å². The van der Waals surface area contributed by atoms with E-state index in [2.05, 4.69) is 36.1 Å². The lowest BCUT2D eigenvalue weighted by molar-refractivity contribution is -0.139. The molecule has 1 unspecified atom stereocenters. The first-order valence-electron chi connectivity index (χ1n) is 12.7. The van der Waals surface area contributed by atoms with Gasteiger partial charge in [-0.2, -0.15) is 4.31 Å². The summed E-state index contributed by atoms with van der Waals surface area (Å²) in [6.07, 6.45) is 4.90. The van der Waals surface area contributed by atoms with Crippen molar-refractivity contribution >= 4 is 15.9 Å².